The topological polar surface area (TPSA) is 124 Å². The van der Waals surface area contributed by atoms with E-state index in [2.05, 4.69) is 35.9 Å². The maximum Gasteiger partial charge on any atom is 0.323 e. The SMILES string of the molecule is COCc1c(NC(=O)Nc2cnc(-n3nccn3)c(Cl)c2)cnn2cc(Cl)nc12. The minimum absolute atomic E-state index is 0.202. The molecule has 2 amide bonds. The van der Waals surface area contributed by atoms with Gasteiger partial charge in [-0.15, -0.1) is 4.80 Å². The molecule has 0 aromatic carbocycles. The Balaban J connectivity index is 1.54. The molecule has 0 radical (unpaired) electrons. The van der Waals surface area contributed by atoms with E-state index in [4.69, 9.17) is 27.9 Å². The van der Waals surface area contributed by atoms with Crippen LogP contribution in [-0.4, -0.2) is 47.7 Å². The Bertz CT molecular complexity index is 1180. The quantitative estimate of drug-likeness (QED) is 0.495. The molecular formula is C16H13Cl2N9O2. The number of amides is 2. The average molecular weight is 434 g/mol. The molecule has 0 bridgehead atoms. The molecule has 0 saturated carbocycles. The highest BCUT2D eigenvalue weighted by atomic mass is 35.5. The zero-order chi connectivity index (χ0) is 20.4. The van der Waals surface area contributed by atoms with Crippen LogP contribution < -0.4 is 10.6 Å². The zero-order valence-corrected chi connectivity index (χ0v) is 16.4. The minimum atomic E-state index is -0.519. The lowest BCUT2D eigenvalue weighted by atomic mass is 10.2. The van der Waals surface area contributed by atoms with E-state index in [1.807, 2.05) is 0 Å². The van der Waals surface area contributed by atoms with Gasteiger partial charge in [0.1, 0.15) is 5.15 Å². The molecule has 0 fully saturated rings. The lowest BCUT2D eigenvalue weighted by Gasteiger charge is -2.12. The Morgan fingerprint density at radius 3 is 2.69 bits per heavy atom. The third-order valence-electron chi connectivity index (χ3n) is 3.79. The summed E-state index contributed by atoms with van der Waals surface area (Å²) in [7, 11) is 1.54. The molecular weight excluding hydrogens is 421 g/mol. The number of halogens is 2. The molecule has 0 unspecified atom stereocenters. The molecule has 4 heterocycles. The highest BCUT2D eigenvalue weighted by molar-refractivity contribution is 6.32. The van der Waals surface area contributed by atoms with Crippen molar-refractivity contribution in [1.29, 1.82) is 0 Å². The lowest BCUT2D eigenvalue weighted by molar-refractivity contribution is 0.186. The molecule has 0 aliphatic heterocycles. The second-order valence-electron chi connectivity index (χ2n) is 5.73. The van der Waals surface area contributed by atoms with Crippen LogP contribution in [-0.2, 0) is 11.3 Å². The van der Waals surface area contributed by atoms with Crippen molar-refractivity contribution in [1.82, 2.24) is 34.6 Å². The number of hydrogen-bond acceptors (Lipinski definition) is 7. The second kappa shape index (κ2) is 7.99. The summed E-state index contributed by atoms with van der Waals surface area (Å²) in [6.07, 6.45) is 7.50. The van der Waals surface area contributed by atoms with Crippen molar-refractivity contribution in [2.24, 2.45) is 0 Å². The van der Waals surface area contributed by atoms with Gasteiger partial charge >= 0.3 is 6.03 Å². The number of fused-ring (bicyclic) bond motifs is 1. The predicted octanol–water partition coefficient (Wildman–Crippen LogP) is 2.80. The molecule has 4 aromatic rings. The molecule has 4 rings (SSSR count). The van der Waals surface area contributed by atoms with Gasteiger partial charge in [0.25, 0.3) is 0 Å². The summed E-state index contributed by atoms with van der Waals surface area (Å²) in [6.45, 7) is 0.202. The van der Waals surface area contributed by atoms with Crippen molar-refractivity contribution in [2.45, 2.75) is 6.61 Å². The van der Waals surface area contributed by atoms with Crippen LogP contribution >= 0.6 is 23.2 Å². The van der Waals surface area contributed by atoms with Crippen LogP contribution in [0.25, 0.3) is 11.5 Å². The molecule has 148 valence electrons. The summed E-state index contributed by atoms with van der Waals surface area (Å²) >= 11 is 12.2. The first-order valence-corrected chi connectivity index (χ1v) is 8.92. The fourth-order valence-electron chi connectivity index (χ4n) is 2.61. The smallest absolute Gasteiger partial charge is 0.323 e. The summed E-state index contributed by atoms with van der Waals surface area (Å²) in [4.78, 5) is 22.1. The lowest BCUT2D eigenvalue weighted by Crippen LogP contribution is -2.21. The fraction of sp³-hybridized carbons (Fsp3) is 0.125. The van der Waals surface area contributed by atoms with E-state index in [9.17, 15) is 4.79 Å². The van der Waals surface area contributed by atoms with Gasteiger partial charge in [-0.25, -0.2) is 19.3 Å². The molecule has 4 aromatic heterocycles. The predicted molar refractivity (Wildman–Crippen MR) is 106 cm³/mol. The van der Waals surface area contributed by atoms with Crippen molar-refractivity contribution in [3.63, 3.8) is 0 Å². The molecule has 2 N–H and O–H groups in total. The Kier molecular flexibility index (Phi) is 5.25. The van der Waals surface area contributed by atoms with Crippen molar-refractivity contribution >= 4 is 46.3 Å². The first kappa shape index (κ1) is 19.1. The second-order valence-corrected chi connectivity index (χ2v) is 6.52. The third-order valence-corrected chi connectivity index (χ3v) is 4.25. The minimum Gasteiger partial charge on any atom is -0.380 e. The number of anilines is 2. The molecule has 0 saturated heterocycles. The van der Waals surface area contributed by atoms with Gasteiger partial charge in [-0.3, -0.25) is 0 Å². The zero-order valence-electron chi connectivity index (χ0n) is 14.9. The summed E-state index contributed by atoms with van der Waals surface area (Å²) in [5.74, 6) is 0.343. The van der Waals surface area contributed by atoms with Gasteiger partial charge in [0.05, 0.1) is 54.0 Å². The van der Waals surface area contributed by atoms with Crippen LogP contribution in [0.4, 0.5) is 16.2 Å². The molecule has 0 spiro atoms. The number of ether oxygens (including phenoxy) is 1. The van der Waals surface area contributed by atoms with E-state index in [1.54, 1.807) is 12.3 Å². The van der Waals surface area contributed by atoms with Crippen LogP contribution in [0.5, 0.6) is 0 Å². The van der Waals surface area contributed by atoms with E-state index < -0.39 is 6.03 Å². The highest BCUT2D eigenvalue weighted by Crippen LogP contribution is 2.23. The maximum absolute atomic E-state index is 12.5. The molecule has 0 aliphatic carbocycles. The normalized spacial score (nSPS) is 11.0. The number of hydrogen-bond donors (Lipinski definition) is 2. The Labute approximate surface area is 173 Å². The van der Waals surface area contributed by atoms with Gasteiger partial charge in [-0.2, -0.15) is 15.3 Å². The number of urea groups is 1. The van der Waals surface area contributed by atoms with Gasteiger partial charge in [0.2, 0.25) is 0 Å². The standard InChI is InChI=1S/C16H13Cl2N9O2/c1-29-8-10-12(6-22-26-7-13(18)25-14(10)26)24-16(28)23-9-4-11(17)15(19-5-9)27-20-2-3-21-27/h2-7H,8H2,1H3,(H2,23,24,28). The van der Waals surface area contributed by atoms with Crippen molar-refractivity contribution in [3.8, 4) is 5.82 Å². The first-order chi connectivity index (χ1) is 14.0. The maximum atomic E-state index is 12.5. The van der Waals surface area contributed by atoms with E-state index in [-0.39, 0.29) is 16.8 Å². The highest BCUT2D eigenvalue weighted by Gasteiger charge is 2.15. The van der Waals surface area contributed by atoms with E-state index in [0.29, 0.717) is 28.4 Å². The van der Waals surface area contributed by atoms with Gasteiger partial charge in [-0.05, 0) is 6.07 Å². The van der Waals surface area contributed by atoms with Crippen LogP contribution in [0.2, 0.25) is 10.2 Å². The van der Waals surface area contributed by atoms with Crippen molar-refractivity contribution in [2.75, 3.05) is 17.7 Å². The molecule has 11 nitrogen and oxygen atoms in total. The largest absolute Gasteiger partial charge is 0.380 e. The number of carbonyl (C=O) groups excluding carboxylic acids is 1. The van der Waals surface area contributed by atoms with Gasteiger partial charge in [-0.1, -0.05) is 23.2 Å². The summed E-state index contributed by atoms with van der Waals surface area (Å²) in [5.41, 5.74) is 1.92. The first-order valence-electron chi connectivity index (χ1n) is 8.17. The van der Waals surface area contributed by atoms with E-state index in [1.165, 1.54) is 41.2 Å². The van der Waals surface area contributed by atoms with Gasteiger partial charge < -0.3 is 15.4 Å². The van der Waals surface area contributed by atoms with Crippen LogP contribution in [0.1, 0.15) is 5.56 Å². The third kappa shape index (κ3) is 3.97. The molecule has 0 atom stereocenters. The summed E-state index contributed by atoms with van der Waals surface area (Å²) < 4.78 is 6.72. The summed E-state index contributed by atoms with van der Waals surface area (Å²) in [6, 6.07) is 1.02. The van der Waals surface area contributed by atoms with Crippen LogP contribution in [0.15, 0.2) is 37.1 Å². The number of carbonyl (C=O) groups is 1. The van der Waals surface area contributed by atoms with Gasteiger partial charge in [0.15, 0.2) is 11.5 Å². The van der Waals surface area contributed by atoms with Crippen LogP contribution in [0, 0.1) is 0 Å². The number of nitrogens with zero attached hydrogens (tertiary/aromatic N) is 7. The average Bonchev–Trinajstić information content (AvgIpc) is 3.33. The monoisotopic (exact) mass is 433 g/mol. The van der Waals surface area contributed by atoms with Crippen molar-refractivity contribution in [3.05, 3.63) is 52.8 Å². The number of pyridine rings is 1. The summed E-state index contributed by atoms with van der Waals surface area (Å²) in [5, 5.41) is 18.0. The molecule has 0 aliphatic rings. The van der Waals surface area contributed by atoms with E-state index in [0.717, 1.165) is 0 Å². The molecule has 13 heteroatoms. The Morgan fingerprint density at radius 2 is 1.97 bits per heavy atom. The molecule has 29 heavy (non-hydrogen) atoms. The van der Waals surface area contributed by atoms with E-state index >= 15 is 0 Å². The van der Waals surface area contributed by atoms with Gasteiger partial charge in [0, 0.05) is 12.7 Å². The number of aromatic nitrogens is 7. The van der Waals surface area contributed by atoms with Crippen molar-refractivity contribution < 1.29 is 9.53 Å². The number of methoxy groups -OCH3 is 1. The number of nitrogens with one attached hydrogen (secondary N) is 2. The fourth-order valence-corrected chi connectivity index (χ4v) is 3.02. The van der Waals surface area contributed by atoms with Crippen LogP contribution in [0.3, 0.4) is 0 Å². The Hall–Kier alpha value is -3.28. The number of imidazole rings is 1. The Morgan fingerprint density at radius 1 is 1.17 bits per heavy atom. The number of rotatable bonds is 5.